The molecule has 0 amide bonds. The lowest BCUT2D eigenvalue weighted by Crippen LogP contribution is -2.22. The molecule has 4 heteroatoms. The molecule has 0 atom stereocenters. The zero-order chi connectivity index (χ0) is 12.7. The van der Waals surface area contributed by atoms with Crippen LogP contribution in [0.3, 0.4) is 0 Å². The fourth-order valence-corrected chi connectivity index (χ4v) is 2.64. The Labute approximate surface area is 105 Å². The number of nitrogens with one attached hydrogen (secondary N) is 2. The zero-order valence-corrected chi connectivity index (χ0v) is 10.6. The molecule has 1 aromatic heterocycles. The Morgan fingerprint density at radius 1 is 1.33 bits per heavy atom. The highest BCUT2D eigenvalue weighted by molar-refractivity contribution is 5.98. The van der Waals surface area contributed by atoms with Crippen LogP contribution in [0.15, 0.2) is 16.9 Å². The summed E-state index contributed by atoms with van der Waals surface area (Å²) in [6.07, 6.45) is 1.82. The number of methoxy groups -OCH3 is 1. The second kappa shape index (κ2) is 4.05. The number of fused-ring (bicyclic) bond motifs is 3. The van der Waals surface area contributed by atoms with Crippen LogP contribution in [0.25, 0.3) is 10.9 Å². The van der Waals surface area contributed by atoms with Crippen molar-refractivity contribution in [3.8, 4) is 5.75 Å². The lowest BCUT2D eigenvalue weighted by Gasteiger charge is -2.20. The largest absolute Gasteiger partial charge is 0.496 e. The summed E-state index contributed by atoms with van der Waals surface area (Å²) in [6.45, 7) is 2.90. The number of aromatic nitrogens is 1. The van der Waals surface area contributed by atoms with Crippen LogP contribution in [0.5, 0.6) is 5.75 Å². The number of benzene rings is 1. The van der Waals surface area contributed by atoms with Crippen LogP contribution in [0.2, 0.25) is 0 Å². The Morgan fingerprint density at radius 3 is 2.94 bits per heavy atom. The minimum Gasteiger partial charge on any atom is -0.496 e. The molecule has 0 spiro atoms. The second-order valence-electron chi connectivity index (χ2n) is 4.73. The maximum atomic E-state index is 12.1. The Hall–Kier alpha value is -1.97. The lowest BCUT2D eigenvalue weighted by molar-refractivity contribution is 0.419. The summed E-state index contributed by atoms with van der Waals surface area (Å²) in [6, 6.07) is 3.98. The molecule has 3 rings (SSSR count). The van der Waals surface area contributed by atoms with E-state index in [1.165, 1.54) is 0 Å². The first-order valence-electron chi connectivity index (χ1n) is 6.18. The molecule has 0 aliphatic carbocycles. The summed E-state index contributed by atoms with van der Waals surface area (Å²) in [4.78, 5) is 15.0. The standard InChI is InChI=1S/C14H16N2O2/c1-8-6-10-12(11(7-8)18-2)13-9(14(17)16-10)4-3-5-15-13/h6-7,15H,3-5H2,1-2H3,(H,16,17). The van der Waals surface area contributed by atoms with Crippen molar-refractivity contribution in [1.29, 1.82) is 0 Å². The van der Waals surface area contributed by atoms with Crippen LogP contribution in [-0.2, 0) is 6.42 Å². The molecule has 2 N–H and O–H groups in total. The number of pyridine rings is 1. The van der Waals surface area contributed by atoms with Gasteiger partial charge in [0.05, 0.1) is 23.7 Å². The van der Waals surface area contributed by atoms with Crippen molar-refractivity contribution in [2.75, 3.05) is 19.0 Å². The molecule has 0 bridgehead atoms. The molecule has 0 radical (unpaired) electrons. The third-order valence-electron chi connectivity index (χ3n) is 3.45. The van der Waals surface area contributed by atoms with Gasteiger partial charge in [0, 0.05) is 12.1 Å². The van der Waals surface area contributed by atoms with Crippen molar-refractivity contribution < 1.29 is 4.74 Å². The number of hydrogen-bond donors (Lipinski definition) is 2. The van der Waals surface area contributed by atoms with Crippen LogP contribution in [0.1, 0.15) is 17.5 Å². The number of aromatic amines is 1. The number of hydrogen-bond acceptors (Lipinski definition) is 3. The Morgan fingerprint density at radius 2 is 2.17 bits per heavy atom. The van der Waals surface area contributed by atoms with Gasteiger partial charge in [0.15, 0.2) is 0 Å². The molecule has 0 saturated carbocycles. The molecule has 2 aromatic rings. The average Bonchev–Trinajstić information content (AvgIpc) is 2.37. The van der Waals surface area contributed by atoms with E-state index < -0.39 is 0 Å². The van der Waals surface area contributed by atoms with E-state index in [4.69, 9.17) is 4.74 Å². The predicted octanol–water partition coefficient (Wildman–Crippen LogP) is 2.20. The first-order chi connectivity index (χ1) is 8.70. The van der Waals surface area contributed by atoms with Crippen LogP contribution < -0.4 is 15.6 Å². The minimum absolute atomic E-state index is 0.0114. The fraction of sp³-hybridized carbons (Fsp3) is 0.357. The topological polar surface area (TPSA) is 54.1 Å². The van der Waals surface area contributed by atoms with Crippen molar-refractivity contribution in [2.24, 2.45) is 0 Å². The van der Waals surface area contributed by atoms with E-state index in [-0.39, 0.29) is 5.56 Å². The zero-order valence-electron chi connectivity index (χ0n) is 10.6. The van der Waals surface area contributed by atoms with Gasteiger partial charge in [-0.2, -0.15) is 0 Å². The average molecular weight is 244 g/mol. The van der Waals surface area contributed by atoms with E-state index in [2.05, 4.69) is 10.3 Å². The van der Waals surface area contributed by atoms with E-state index in [9.17, 15) is 4.79 Å². The molecule has 1 aliphatic rings. The summed E-state index contributed by atoms with van der Waals surface area (Å²) in [5.74, 6) is 0.812. The molecular weight excluding hydrogens is 228 g/mol. The monoisotopic (exact) mass is 244 g/mol. The van der Waals surface area contributed by atoms with Gasteiger partial charge in [-0.1, -0.05) is 0 Å². The normalized spacial score (nSPS) is 14.1. The molecule has 94 valence electrons. The van der Waals surface area contributed by atoms with Crippen molar-refractivity contribution >= 4 is 16.6 Å². The van der Waals surface area contributed by atoms with Gasteiger partial charge in [-0.3, -0.25) is 4.79 Å². The summed E-state index contributed by atoms with van der Waals surface area (Å²) in [5, 5.41) is 4.32. The van der Waals surface area contributed by atoms with Gasteiger partial charge in [-0.15, -0.1) is 0 Å². The summed E-state index contributed by atoms with van der Waals surface area (Å²) in [7, 11) is 1.66. The Kier molecular flexibility index (Phi) is 2.51. The van der Waals surface area contributed by atoms with Gasteiger partial charge in [0.25, 0.3) is 5.56 Å². The quantitative estimate of drug-likeness (QED) is 0.808. The first kappa shape index (κ1) is 11.1. The number of H-pyrrole nitrogens is 1. The Bertz CT molecular complexity index is 674. The van der Waals surface area contributed by atoms with E-state index in [0.29, 0.717) is 0 Å². The number of ether oxygens (including phenoxy) is 1. The van der Waals surface area contributed by atoms with Crippen molar-refractivity contribution in [2.45, 2.75) is 19.8 Å². The smallest absolute Gasteiger partial charge is 0.253 e. The molecule has 1 aliphatic heterocycles. The van der Waals surface area contributed by atoms with Gasteiger partial charge in [0.2, 0.25) is 0 Å². The van der Waals surface area contributed by atoms with E-state index in [0.717, 1.165) is 52.9 Å². The SMILES string of the molecule is COc1cc(C)cc2[nH]c(=O)c3c(c12)NCCC3. The molecule has 1 aromatic carbocycles. The van der Waals surface area contributed by atoms with E-state index in [1.54, 1.807) is 7.11 Å². The molecule has 0 fully saturated rings. The second-order valence-corrected chi connectivity index (χ2v) is 4.73. The van der Waals surface area contributed by atoms with E-state index >= 15 is 0 Å². The van der Waals surface area contributed by atoms with E-state index in [1.807, 2.05) is 19.1 Å². The molecule has 0 saturated heterocycles. The molecule has 2 heterocycles. The fourth-order valence-electron chi connectivity index (χ4n) is 2.64. The van der Waals surface area contributed by atoms with Gasteiger partial charge >= 0.3 is 0 Å². The van der Waals surface area contributed by atoms with Gasteiger partial charge in [-0.25, -0.2) is 0 Å². The van der Waals surface area contributed by atoms with Gasteiger partial charge in [-0.05, 0) is 37.5 Å². The maximum absolute atomic E-state index is 12.1. The third kappa shape index (κ3) is 1.56. The highest BCUT2D eigenvalue weighted by atomic mass is 16.5. The highest BCUT2D eigenvalue weighted by Crippen LogP contribution is 2.35. The summed E-state index contributed by atoms with van der Waals surface area (Å²) < 4.78 is 5.45. The van der Waals surface area contributed by atoms with Crippen molar-refractivity contribution in [1.82, 2.24) is 4.98 Å². The lowest BCUT2D eigenvalue weighted by atomic mass is 10.00. The molecule has 18 heavy (non-hydrogen) atoms. The van der Waals surface area contributed by atoms with Crippen LogP contribution in [0, 0.1) is 6.92 Å². The Balaban J connectivity index is 2.45. The molecular formula is C14H16N2O2. The number of rotatable bonds is 1. The maximum Gasteiger partial charge on any atom is 0.253 e. The summed E-state index contributed by atoms with van der Waals surface area (Å²) in [5.41, 5.74) is 3.71. The molecule has 0 unspecified atom stereocenters. The first-order valence-corrected chi connectivity index (χ1v) is 6.18. The summed E-state index contributed by atoms with van der Waals surface area (Å²) >= 11 is 0. The minimum atomic E-state index is 0.0114. The number of aryl methyl sites for hydroxylation is 1. The number of anilines is 1. The van der Waals surface area contributed by atoms with Crippen LogP contribution >= 0.6 is 0 Å². The van der Waals surface area contributed by atoms with Crippen molar-refractivity contribution in [3.63, 3.8) is 0 Å². The van der Waals surface area contributed by atoms with Crippen molar-refractivity contribution in [3.05, 3.63) is 33.6 Å². The van der Waals surface area contributed by atoms with Gasteiger partial charge < -0.3 is 15.0 Å². The highest BCUT2D eigenvalue weighted by Gasteiger charge is 2.18. The third-order valence-corrected chi connectivity index (χ3v) is 3.45. The molecule has 4 nitrogen and oxygen atoms in total. The van der Waals surface area contributed by atoms with Gasteiger partial charge in [0.1, 0.15) is 5.75 Å². The predicted molar refractivity (Wildman–Crippen MR) is 72.7 cm³/mol. The van der Waals surface area contributed by atoms with Crippen LogP contribution in [0.4, 0.5) is 5.69 Å². The van der Waals surface area contributed by atoms with Crippen LogP contribution in [-0.4, -0.2) is 18.6 Å².